The highest BCUT2D eigenvalue weighted by molar-refractivity contribution is 7.92. The van der Waals surface area contributed by atoms with Crippen molar-refractivity contribution in [3.8, 4) is 0 Å². The Morgan fingerprint density at radius 1 is 1.21 bits per heavy atom. The summed E-state index contributed by atoms with van der Waals surface area (Å²) in [6, 6.07) is 7.82. The van der Waals surface area contributed by atoms with E-state index in [0.717, 1.165) is 6.07 Å². The number of halogens is 1. The maximum atomic E-state index is 13.4. The number of nitro groups is 1. The molecule has 2 aromatic rings. The molecule has 1 aliphatic heterocycles. The molecule has 24 heavy (non-hydrogen) atoms. The van der Waals surface area contributed by atoms with Gasteiger partial charge in [-0.1, -0.05) is 6.07 Å². The number of anilines is 1. The van der Waals surface area contributed by atoms with E-state index in [2.05, 4.69) is 0 Å². The van der Waals surface area contributed by atoms with E-state index in [1.807, 2.05) is 0 Å². The third kappa shape index (κ3) is 2.73. The summed E-state index contributed by atoms with van der Waals surface area (Å²) in [4.78, 5) is 10.3. The van der Waals surface area contributed by atoms with Gasteiger partial charge in [-0.2, -0.15) is 0 Å². The Hall–Kier alpha value is -2.48. The lowest BCUT2D eigenvalue weighted by molar-refractivity contribution is -0.385. The minimum absolute atomic E-state index is 0.142. The lowest BCUT2D eigenvalue weighted by Crippen LogP contribution is -2.35. The Bertz CT molecular complexity index is 928. The first-order valence-corrected chi connectivity index (χ1v) is 8.81. The highest BCUT2D eigenvalue weighted by atomic mass is 32.2. The average Bonchev–Trinajstić information content (AvgIpc) is 2.53. The van der Waals surface area contributed by atoms with Crippen molar-refractivity contribution in [2.24, 2.45) is 0 Å². The van der Waals surface area contributed by atoms with Crippen molar-refractivity contribution in [1.82, 2.24) is 0 Å². The number of benzene rings is 2. The van der Waals surface area contributed by atoms with Crippen molar-refractivity contribution in [3.05, 3.63) is 63.5 Å². The molecule has 0 aliphatic carbocycles. The number of fused-ring (bicyclic) bond motifs is 1. The van der Waals surface area contributed by atoms with Gasteiger partial charge in [0, 0.05) is 18.2 Å². The van der Waals surface area contributed by atoms with E-state index in [1.54, 1.807) is 6.92 Å². The zero-order valence-corrected chi connectivity index (χ0v) is 13.7. The fourth-order valence-electron chi connectivity index (χ4n) is 2.85. The molecular weight excluding hydrogens is 335 g/mol. The molecule has 8 heteroatoms. The predicted molar refractivity (Wildman–Crippen MR) is 87.1 cm³/mol. The third-order valence-corrected chi connectivity index (χ3v) is 5.89. The molecule has 6 nitrogen and oxygen atoms in total. The van der Waals surface area contributed by atoms with Crippen LogP contribution in [0.2, 0.25) is 0 Å². The molecular formula is C16H15FN2O4S. The molecule has 0 N–H and O–H groups in total. The van der Waals surface area contributed by atoms with Crippen LogP contribution in [0.3, 0.4) is 0 Å². The predicted octanol–water partition coefficient (Wildman–Crippen LogP) is 3.18. The van der Waals surface area contributed by atoms with Crippen LogP contribution in [0.1, 0.15) is 17.5 Å². The van der Waals surface area contributed by atoms with E-state index in [-0.39, 0.29) is 17.1 Å². The standard InChI is InChI=1S/C16H15FN2O4S/c1-11-4-6-14(10-16(11)19(20)21)24(22,23)18-8-2-3-12-9-13(17)5-7-15(12)18/h4-7,9-10H,2-3,8H2,1H3. The highest BCUT2D eigenvalue weighted by Crippen LogP contribution is 2.33. The van der Waals surface area contributed by atoms with E-state index in [1.165, 1.54) is 34.6 Å². The molecule has 0 saturated heterocycles. The Balaban J connectivity index is 2.10. The minimum atomic E-state index is -3.95. The summed E-state index contributed by atoms with van der Waals surface area (Å²) in [6.45, 7) is 1.80. The normalized spacial score (nSPS) is 14.3. The first kappa shape index (κ1) is 16.4. The van der Waals surface area contributed by atoms with E-state index >= 15 is 0 Å². The van der Waals surface area contributed by atoms with Crippen molar-refractivity contribution in [2.45, 2.75) is 24.7 Å². The van der Waals surface area contributed by atoms with Gasteiger partial charge in [0.25, 0.3) is 15.7 Å². The Morgan fingerprint density at radius 2 is 1.96 bits per heavy atom. The summed E-state index contributed by atoms with van der Waals surface area (Å²) < 4.78 is 40.4. The van der Waals surface area contributed by atoms with E-state index in [0.29, 0.717) is 29.7 Å². The number of rotatable bonds is 3. The maximum absolute atomic E-state index is 13.4. The van der Waals surface area contributed by atoms with Crippen LogP contribution in [0.5, 0.6) is 0 Å². The number of aryl methyl sites for hydroxylation is 2. The molecule has 0 unspecified atom stereocenters. The fourth-order valence-corrected chi connectivity index (χ4v) is 4.42. The van der Waals surface area contributed by atoms with Gasteiger partial charge in [-0.3, -0.25) is 14.4 Å². The Kier molecular flexibility index (Phi) is 4.00. The van der Waals surface area contributed by atoms with Crippen LogP contribution in [-0.2, 0) is 16.4 Å². The van der Waals surface area contributed by atoms with Gasteiger partial charge in [0.05, 0.1) is 15.5 Å². The van der Waals surface area contributed by atoms with Crippen LogP contribution >= 0.6 is 0 Å². The van der Waals surface area contributed by atoms with Gasteiger partial charge in [0.15, 0.2) is 0 Å². The molecule has 3 rings (SSSR count). The molecule has 1 aliphatic rings. The van der Waals surface area contributed by atoms with Crippen molar-refractivity contribution < 1.29 is 17.7 Å². The minimum Gasteiger partial charge on any atom is -0.266 e. The number of nitrogens with zero attached hydrogens (tertiary/aromatic N) is 2. The summed E-state index contributed by atoms with van der Waals surface area (Å²) in [5.74, 6) is -0.418. The lowest BCUT2D eigenvalue weighted by atomic mass is 10.0. The fraction of sp³-hybridized carbons (Fsp3) is 0.250. The molecule has 0 radical (unpaired) electrons. The quantitative estimate of drug-likeness (QED) is 0.629. The first-order valence-electron chi connectivity index (χ1n) is 7.37. The number of hydrogen-bond acceptors (Lipinski definition) is 4. The molecule has 0 fully saturated rings. The van der Waals surface area contributed by atoms with E-state index in [4.69, 9.17) is 0 Å². The SMILES string of the molecule is Cc1ccc(S(=O)(=O)N2CCCc3cc(F)ccc32)cc1[N+](=O)[O-]. The van der Waals surface area contributed by atoms with E-state index < -0.39 is 20.8 Å². The summed E-state index contributed by atoms with van der Waals surface area (Å²) >= 11 is 0. The molecule has 0 saturated carbocycles. The topological polar surface area (TPSA) is 80.5 Å². The monoisotopic (exact) mass is 350 g/mol. The highest BCUT2D eigenvalue weighted by Gasteiger charge is 2.30. The van der Waals surface area contributed by atoms with Gasteiger partial charge >= 0.3 is 0 Å². The van der Waals surface area contributed by atoms with Gasteiger partial charge in [-0.15, -0.1) is 0 Å². The van der Waals surface area contributed by atoms with Crippen LogP contribution < -0.4 is 4.31 Å². The van der Waals surface area contributed by atoms with Crippen molar-refractivity contribution in [2.75, 3.05) is 10.8 Å². The Labute approximate surface area is 138 Å². The summed E-state index contributed by atoms with van der Waals surface area (Å²) in [5.41, 5.74) is 1.18. The van der Waals surface area contributed by atoms with Crippen LogP contribution in [0.25, 0.3) is 0 Å². The maximum Gasteiger partial charge on any atom is 0.273 e. The summed E-state index contributed by atoms with van der Waals surface area (Å²) in [6.07, 6.45) is 1.15. The second kappa shape index (κ2) is 5.86. The van der Waals surface area contributed by atoms with Crippen LogP contribution in [0, 0.1) is 22.9 Å². The number of hydrogen-bond donors (Lipinski definition) is 0. The van der Waals surface area contributed by atoms with Crippen molar-refractivity contribution in [1.29, 1.82) is 0 Å². The molecule has 0 aromatic heterocycles. The van der Waals surface area contributed by atoms with Gasteiger partial charge in [0.2, 0.25) is 0 Å². The van der Waals surface area contributed by atoms with Gasteiger partial charge in [-0.05, 0) is 49.6 Å². The second-order valence-corrected chi connectivity index (χ2v) is 7.52. The molecule has 1 heterocycles. The van der Waals surface area contributed by atoms with Gasteiger partial charge < -0.3 is 0 Å². The summed E-state index contributed by atoms with van der Waals surface area (Å²) in [7, 11) is -3.95. The van der Waals surface area contributed by atoms with Crippen molar-refractivity contribution >= 4 is 21.4 Å². The smallest absolute Gasteiger partial charge is 0.266 e. The first-order chi connectivity index (χ1) is 11.3. The van der Waals surface area contributed by atoms with E-state index in [9.17, 15) is 22.9 Å². The third-order valence-electron chi connectivity index (χ3n) is 4.08. The van der Waals surface area contributed by atoms with Gasteiger partial charge in [0.1, 0.15) is 5.82 Å². The zero-order valence-electron chi connectivity index (χ0n) is 12.9. The molecule has 0 amide bonds. The Morgan fingerprint density at radius 3 is 2.67 bits per heavy atom. The van der Waals surface area contributed by atoms with Gasteiger partial charge in [-0.25, -0.2) is 12.8 Å². The lowest BCUT2D eigenvalue weighted by Gasteiger charge is -2.30. The van der Waals surface area contributed by atoms with Crippen molar-refractivity contribution in [3.63, 3.8) is 0 Å². The molecule has 0 atom stereocenters. The summed E-state index contributed by atoms with van der Waals surface area (Å²) in [5, 5.41) is 11.1. The van der Waals surface area contributed by atoms with Crippen LogP contribution in [-0.4, -0.2) is 19.9 Å². The molecule has 0 spiro atoms. The van der Waals surface area contributed by atoms with Crippen LogP contribution in [0.15, 0.2) is 41.3 Å². The molecule has 2 aromatic carbocycles. The largest absolute Gasteiger partial charge is 0.273 e. The average molecular weight is 350 g/mol. The second-order valence-electron chi connectivity index (χ2n) is 5.66. The zero-order chi connectivity index (χ0) is 17.5. The number of nitro benzene ring substituents is 1. The van der Waals surface area contributed by atoms with Crippen LogP contribution in [0.4, 0.5) is 15.8 Å². The molecule has 126 valence electrons. The number of sulfonamides is 1. The molecule has 0 bridgehead atoms.